The summed E-state index contributed by atoms with van der Waals surface area (Å²) in [6, 6.07) is 15.0. The average Bonchev–Trinajstić information content (AvgIpc) is 2.68. The zero-order valence-electron chi connectivity index (χ0n) is 15.5. The largest absolute Gasteiger partial charge is 0.445 e. The summed E-state index contributed by atoms with van der Waals surface area (Å²) in [5.41, 5.74) is 3.70. The zero-order chi connectivity index (χ0) is 18.8. The van der Waals surface area contributed by atoms with Crippen molar-refractivity contribution in [2.24, 2.45) is 0 Å². The van der Waals surface area contributed by atoms with Crippen molar-refractivity contribution in [2.75, 3.05) is 0 Å². The van der Waals surface area contributed by atoms with Crippen LogP contribution in [0.5, 0.6) is 0 Å². The lowest BCUT2D eigenvalue weighted by Crippen LogP contribution is -2.51. The molecule has 3 nitrogen and oxygen atoms in total. The van der Waals surface area contributed by atoms with Crippen LogP contribution in [0.2, 0.25) is 0 Å². The van der Waals surface area contributed by atoms with Crippen molar-refractivity contribution in [2.45, 2.75) is 51.3 Å². The molecule has 0 saturated carbocycles. The molecule has 0 aliphatic carbocycles. The summed E-state index contributed by atoms with van der Waals surface area (Å²) in [6.07, 6.45) is 5.38. The third-order valence-electron chi connectivity index (χ3n) is 5.52. The van der Waals surface area contributed by atoms with Gasteiger partial charge < -0.3 is 4.74 Å². The van der Waals surface area contributed by atoms with Gasteiger partial charge in [-0.2, -0.15) is 0 Å². The van der Waals surface area contributed by atoms with E-state index >= 15 is 0 Å². The lowest BCUT2D eigenvalue weighted by Gasteiger charge is -2.44. The van der Waals surface area contributed by atoms with E-state index in [-0.39, 0.29) is 30.6 Å². The fourth-order valence-electron chi connectivity index (χ4n) is 4.19. The topological polar surface area (TPSA) is 29.5 Å². The molecule has 1 saturated heterocycles. The van der Waals surface area contributed by atoms with Crippen LogP contribution in [0, 0.1) is 12.7 Å². The number of carbonyl (C=O) groups is 1. The molecular weight excluding hydrogens is 341 g/mol. The van der Waals surface area contributed by atoms with Crippen molar-refractivity contribution in [3.8, 4) is 0 Å². The molecule has 2 aliphatic rings. The Balaban J connectivity index is 1.53. The molecule has 2 aromatic rings. The van der Waals surface area contributed by atoms with E-state index in [0.29, 0.717) is 12.0 Å². The Morgan fingerprint density at radius 2 is 2.00 bits per heavy atom. The van der Waals surface area contributed by atoms with Crippen LogP contribution >= 0.6 is 0 Å². The van der Waals surface area contributed by atoms with E-state index in [1.54, 1.807) is 6.07 Å². The highest BCUT2D eigenvalue weighted by Crippen LogP contribution is 2.38. The van der Waals surface area contributed by atoms with E-state index in [0.717, 1.165) is 36.0 Å². The maximum Gasteiger partial charge on any atom is 0.410 e. The van der Waals surface area contributed by atoms with Gasteiger partial charge in [0.1, 0.15) is 12.4 Å². The number of halogens is 1. The van der Waals surface area contributed by atoms with E-state index in [9.17, 15) is 9.18 Å². The number of piperidine rings is 1. The first kappa shape index (κ1) is 17.8. The molecule has 2 aromatic carbocycles. The van der Waals surface area contributed by atoms with Gasteiger partial charge in [0, 0.05) is 11.6 Å². The predicted octanol–water partition coefficient (Wildman–Crippen LogP) is 5.48. The van der Waals surface area contributed by atoms with E-state index in [2.05, 4.69) is 6.08 Å². The molecule has 2 aliphatic heterocycles. The number of hydrogen-bond acceptors (Lipinski definition) is 2. The molecule has 2 atom stereocenters. The molecule has 2 bridgehead atoms. The van der Waals surface area contributed by atoms with Crippen LogP contribution in [0.15, 0.2) is 54.6 Å². The second-order valence-corrected chi connectivity index (χ2v) is 7.48. The molecular formula is C23H24FNO2. The van der Waals surface area contributed by atoms with Gasteiger partial charge in [-0.25, -0.2) is 9.18 Å². The summed E-state index contributed by atoms with van der Waals surface area (Å²) >= 11 is 0. The van der Waals surface area contributed by atoms with Crippen molar-refractivity contribution in [3.05, 3.63) is 77.1 Å². The number of aryl methyl sites for hydroxylation is 1. The van der Waals surface area contributed by atoms with Gasteiger partial charge >= 0.3 is 6.09 Å². The van der Waals surface area contributed by atoms with Gasteiger partial charge in [-0.05, 0) is 55.9 Å². The number of fused-ring (bicyclic) bond motifs is 2. The van der Waals surface area contributed by atoms with Gasteiger partial charge in [0.2, 0.25) is 0 Å². The van der Waals surface area contributed by atoms with Gasteiger partial charge in [-0.1, -0.05) is 48.0 Å². The fraction of sp³-hybridized carbons (Fsp3) is 0.348. The molecule has 0 aromatic heterocycles. The van der Waals surface area contributed by atoms with Crippen LogP contribution in [0.25, 0.3) is 5.57 Å². The highest BCUT2D eigenvalue weighted by molar-refractivity contribution is 5.75. The van der Waals surface area contributed by atoms with Gasteiger partial charge in [-0.3, -0.25) is 4.90 Å². The van der Waals surface area contributed by atoms with Gasteiger partial charge in [0.05, 0.1) is 6.04 Å². The Kier molecular flexibility index (Phi) is 4.97. The fourth-order valence-corrected chi connectivity index (χ4v) is 4.19. The highest BCUT2D eigenvalue weighted by Gasteiger charge is 2.38. The summed E-state index contributed by atoms with van der Waals surface area (Å²) in [5.74, 6) is -0.190. The van der Waals surface area contributed by atoms with Gasteiger partial charge in [0.25, 0.3) is 0 Å². The molecule has 4 rings (SSSR count). The quantitative estimate of drug-likeness (QED) is 0.721. The highest BCUT2D eigenvalue weighted by atomic mass is 19.1. The Bertz CT molecular complexity index is 862. The first-order valence-electron chi connectivity index (χ1n) is 9.58. The summed E-state index contributed by atoms with van der Waals surface area (Å²) in [7, 11) is 0. The maximum absolute atomic E-state index is 14.3. The standard InChI is InChI=1S/C23H24FNO2/c1-16-10-11-22(24)21(12-16)18-13-19-8-5-9-20(14-18)25(19)23(26)27-15-17-6-3-2-4-7-17/h2-4,6-7,10-13,19-20H,5,8-9,14-15H2,1H3. The van der Waals surface area contributed by atoms with E-state index in [1.807, 2.05) is 48.2 Å². The second-order valence-electron chi connectivity index (χ2n) is 7.48. The minimum absolute atomic E-state index is 0.0179. The van der Waals surface area contributed by atoms with Crippen molar-refractivity contribution in [3.63, 3.8) is 0 Å². The average molecular weight is 365 g/mol. The monoisotopic (exact) mass is 365 g/mol. The number of hydrogen-bond donors (Lipinski definition) is 0. The number of benzene rings is 2. The Hall–Kier alpha value is -2.62. The van der Waals surface area contributed by atoms with E-state index in [1.165, 1.54) is 6.07 Å². The first-order chi connectivity index (χ1) is 13.1. The first-order valence-corrected chi connectivity index (χ1v) is 9.58. The lowest BCUT2D eigenvalue weighted by atomic mass is 9.83. The number of amides is 1. The molecule has 1 fully saturated rings. The Morgan fingerprint density at radius 1 is 1.19 bits per heavy atom. The molecule has 2 heterocycles. The predicted molar refractivity (Wildman–Crippen MR) is 104 cm³/mol. The zero-order valence-corrected chi connectivity index (χ0v) is 15.5. The van der Waals surface area contributed by atoms with E-state index < -0.39 is 0 Å². The SMILES string of the molecule is Cc1ccc(F)c(C2=CC3CCCC(C2)N3C(=O)OCc2ccccc2)c1. The third kappa shape index (κ3) is 3.75. The van der Waals surface area contributed by atoms with Crippen molar-refractivity contribution in [1.82, 2.24) is 4.90 Å². The van der Waals surface area contributed by atoms with Gasteiger partial charge in [0.15, 0.2) is 0 Å². The summed E-state index contributed by atoms with van der Waals surface area (Å²) in [6.45, 7) is 2.25. The lowest BCUT2D eigenvalue weighted by molar-refractivity contribution is 0.0510. The van der Waals surface area contributed by atoms with Crippen molar-refractivity contribution < 1.29 is 13.9 Å². The molecule has 140 valence electrons. The Labute approximate surface area is 159 Å². The van der Waals surface area contributed by atoms with Gasteiger partial charge in [-0.15, -0.1) is 0 Å². The minimum Gasteiger partial charge on any atom is -0.445 e. The molecule has 27 heavy (non-hydrogen) atoms. The molecule has 1 amide bonds. The molecule has 0 spiro atoms. The number of carbonyl (C=O) groups excluding carboxylic acids is 1. The summed E-state index contributed by atoms with van der Waals surface area (Å²) < 4.78 is 19.9. The molecule has 0 N–H and O–H groups in total. The van der Waals surface area contributed by atoms with Crippen molar-refractivity contribution in [1.29, 1.82) is 0 Å². The van der Waals surface area contributed by atoms with Crippen LogP contribution < -0.4 is 0 Å². The molecule has 2 unspecified atom stereocenters. The van der Waals surface area contributed by atoms with Crippen LogP contribution in [0.3, 0.4) is 0 Å². The van der Waals surface area contributed by atoms with Crippen LogP contribution in [-0.4, -0.2) is 23.1 Å². The molecule has 0 radical (unpaired) electrons. The summed E-state index contributed by atoms with van der Waals surface area (Å²) in [4.78, 5) is 14.6. The number of rotatable bonds is 3. The van der Waals surface area contributed by atoms with Crippen LogP contribution in [-0.2, 0) is 11.3 Å². The number of ether oxygens (including phenoxy) is 1. The maximum atomic E-state index is 14.3. The third-order valence-corrected chi connectivity index (χ3v) is 5.52. The number of nitrogens with zero attached hydrogens (tertiary/aromatic N) is 1. The minimum atomic E-state index is -0.270. The van der Waals surface area contributed by atoms with Crippen LogP contribution in [0.1, 0.15) is 42.4 Å². The van der Waals surface area contributed by atoms with Crippen molar-refractivity contribution >= 4 is 11.7 Å². The van der Waals surface area contributed by atoms with E-state index in [4.69, 9.17) is 4.74 Å². The summed E-state index contributed by atoms with van der Waals surface area (Å²) in [5, 5.41) is 0. The Morgan fingerprint density at radius 3 is 2.78 bits per heavy atom. The van der Waals surface area contributed by atoms with Crippen LogP contribution in [0.4, 0.5) is 9.18 Å². The molecule has 4 heteroatoms. The second kappa shape index (κ2) is 7.55. The normalized spacial score (nSPS) is 21.6. The smallest absolute Gasteiger partial charge is 0.410 e.